The summed E-state index contributed by atoms with van der Waals surface area (Å²) in [5.74, 6) is 0.199. The highest BCUT2D eigenvalue weighted by Crippen LogP contribution is 2.04. The first-order valence-corrected chi connectivity index (χ1v) is 7.14. The van der Waals surface area contributed by atoms with Gasteiger partial charge in [0.25, 0.3) is 0 Å². The number of nitrogens with one attached hydrogen (secondary N) is 1. The highest BCUT2D eigenvalue weighted by Gasteiger charge is 2.05. The van der Waals surface area contributed by atoms with E-state index in [0.717, 1.165) is 5.56 Å². The van der Waals surface area contributed by atoms with Crippen LogP contribution >= 0.6 is 0 Å². The van der Waals surface area contributed by atoms with Gasteiger partial charge in [0, 0.05) is 41.0 Å². The molecule has 0 aliphatic rings. The minimum Gasteiger partial charge on any atom is -0.366 e. The van der Waals surface area contributed by atoms with E-state index in [1.165, 1.54) is 0 Å². The maximum absolute atomic E-state index is 11.0. The third kappa shape index (κ3) is 5.10. The Morgan fingerprint density at radius 1 is 1.53 bits per heavy atom. The van der Waals surface area contributed by atoms with Gasteiger partial charge in [-0.2, -0.15) is 0 Å². The lowest BCUT2D eigenvalue weighted by molar-refractivity contribution is 0.1000. The summed E-state index contributed by atoms with van der Waals surface area (Å²) < 4.78 is 11.0. The van der Waals surface area contributed by atoms with Crippen LogP contribution in [0.1, 0.15) is 22.8 Å². The topological polar surface area (TPSA) is 72.2 Å². The van der Waals surface area contributed by atoms with Crippen molar-refractivity contribution in [3.05, 3.63) is 35.4 Å². The molecule has 1 aromatic carbocycles. The van der Waals surface area contributed by atoms with Crippen molar-refractivity contribution in [2.75, 3.05) is 12.0 Å². The molecule has 1 rings (SSSR count). The fourth-order valence-electron chi connectivity index (χ4n) is 1.54. The largest absolute Gasteiger partial charge is 0.366 e. The zero-order valence-corrected chi connectivity index (χ0v) is 10.9. The molecule has 0 spiro atoms. The summed E-state index contributed by atoms with van der Waals surface area (Å²) in [6.07, 6.45) is 1.69. The normalized spacial score (nSPS) is 14.2. The summed E-state index contributed by atoms with van der Waals surface area (Å²) in [4.78, 5) is 11.0. The Balaban J connectivity index is 2.54. The Kier molecular flexibility index (Phi) is 5.31. The first-order valence-electron chi connectivity index (χ1n) is 5.41. The summed E-state index contributed by atoms with van der Waals surface area (Å²) in [6, 6.07) is 7.37. The van der Waals surface area contributed by atoms with E-state index in [1.807, 2.05) is 13.0 Å². The van der Waals surface area contributed by atoms with Gasteiger partial charge in [-0.3, -0.25) is 9.00 Å². The van der Waals surface area contributed by atoms with Crippen molar-refractivity contribution >= 4 is 16.7 Å². The van der Waals surface area contributed by atoms with E-state index in [9.17, 15) is 9.00 Å². The monoisotopic (exact) mass is 254 g/mol. The Morgan fingerprint density at radius 3 is 2.82 bits per heavy atom. The molecule has 4 nitrogen and oxygen atoms in total. The standard InChI is InChI=1S/C12H18N2O2S/c1-9(8-17(2)16)14-7-10-4-3-5-11(6-10)12(13)15/h3-6,9,14H,7-8H2,1-2H3,(H2,13,15). The van der Waals surface area contributed by atoms with Gasteiger partial charge in [-0.15, -0.1) is 0 Å². The molecule has 0 saturated heterocycles. The molecular weight excluding hydrogens is 236 g/mol. The molecule has 2 atom stereocenters. The molecule has 0 aliphatic carbocycles. The molecule has 0 fully saturated rings. The van der Waals surface area contributed by atoms with Gasteiger partial charge in [0.1, 0.15) is 0 Å². The van der Waals surface area contributed by atoms with Gasteiger partial charge in [-0.1, -0.05) is 12.1 Å². The lowest BCUT2D eigenvalue weighted by atomic mass is 10.1. The first kappa shape index (κ1) is 13.9. The average Bonchev–Trinajstić information content (AvgIpc) is 2.26. The molecule has 94 valence electrons. The van der Waals surface area contributed by atoms with Crippen molar-refractivity contribution in [1.29, 1.82) is 0 Å². The second kappa shape index (κ2) is 6.51. The van der Waals surface area contributed by atoms with E-state index < -0.39 is 16.7 Å². The van der Waals surface area contributed by atoms with E-state index in [4.69, 9.17) is 5.73 Å². The smallest absolute Gasteiger partial charge is 0.248 e. The Bertz CT molecular complexity index is 421. The summed E-state index contributed by atoms with van der Waals surface area (Å²) >= 11 is 0. The van der Waals surface area contributed by atoms with E-state index in [1.54, 1.807) is 24.5 Å². The van der Waals surface area contributed by atoms with Gasteiger partial charge in [-0.05, 0) is 24.6 Å². The van der Waals surface area contributed by atoms with E-state index in [2.05, 4.69) is 5.32 Å². The minimum atomic E-state index is -0.802. The predicted octanol–water partition coefficient (Wildman–Crippen LogP) is 0.642. The molecule has 5 heteroatoms. The van der Waals surface area contributed by atoms with Crippen molar-refractivity contribution < 1.29 is 9.00 Å². The van der Waals surface area contributed by atoms with Gasteiger partial charge < -0.3 is 11.1 Å². The van der Waals surface area contributed by atoms with E-state index in [0.29, 0.717) is 17.9 Å². The van der Waals surface area contributed by atoms with Crippen LogP contribution in [0.5, 0.6) is 0 Å². The van der Waals surface area contributed by atoms with Crippen LogP contribution in [-0.2, 0) is 17.3 Å². The van der Waals surface area contributed by atoms with E-state index in [-0.39, 0.29) is 6.04 Å². The average molecular weight is 254 g/mol. The number of hydrogen-bond donors (Lipinski definition) is 2. The highest BCUT2D eigenvalue weighted by atomic mass is 32.2. The summed E-state index contributed by atoms with van der Waals surface area (Å²) in [7, 11) is -0.802. The van der Waals surface area contributed by atoms with E-state index >= 15 is 0 Å². The second-order valence-electron chi connectivity index (χ2n) is 4.09. The molecule has 0 bridgehead atoms. The van der Waals surface area contributed by atoms with Crippen LogP contribution in [0.3, 0.4) is 0 Å². The maximum atomic E-state index is 11.0. The molecule has 2 unspecified atom stereocenters. The van der Waals surface area contributed by atoms with Gasteiger partial charge in [0.2, 0.25) is 5.91 Å². The van der Waals surface area contributed by atoms with Gasteiger partial charge >= 0.3 is 0 Å². The molecule has 0 aromatic heterocycles. The van der Waals surface area contributed by atoms with Crippen molar-refractivity contribution in [2.45, 2.75) is 19.5 Å². The second-order valence-corrected chi connectivity index (χ2v) is 5.57. The summed E-state index contributed by atoms with van der Waals surface area (Å²) in [5.41, 5.74) is 6.71. The number of nitrogens with two attached hydrogens (primary N) is 1. The van der Waals surface area contributed by atoms with Crippen molar-refractivity contribution in [2.24, 2.45) is 5.73 Å². The molecule has 0 saturated carbocycles. The lowest BCUT2D eigenvalue weighted by Gasteiger charge is -2.12. The van der Waals surface area contributed by atoms with Crippen LogP contribution < -0.4 is 11.1 Å². The first-order chi connectivity index (χ1) is 7.99. The van der Waals surface area contributed by atoms with Gasteiger partial charge in [0.05, 0.1) is 0 Å². The van der Waals surface area contributed by atoms with Crippen LogP contribution in [0.15, 0.2) is 24.3 Å². The quantitative estimate of drug-likeness (QED) is 0.782. The highest BCUT2D eigenvalue weighted by molar-refractivity contribution is 7.84. The number of hydrogen-bond acceptors (Lipinski definition) is 3. The minimum absolute atomic E-state index is 0.179. The molecule has 1 amide bonds. The van der Waals surface area contributed by atoms with Crippen LogP contribution in [0, 0.1) is 0 Å². The van der Waals surface area contributed by atoms with Crippen LogP contribution in [-0.4, -0.2) is 28.2 Å². The number of rotatable bonds is 6. The number of benzene rings is 1. The van der Waals surface area contributed by atoms with Crippen LogP contribution in [0.4, 0.5) is 0 Å². The van der Waals surface area contributed by atoms with Crippen molar-refractivity contribution in [1.82, 2.24) is 5.32 Å². The number of amides is 1. The Labute approximate surface area is 104 Å². The molecule has 17 heavy (non-hydrogen) atoms. The maximum Gasteiger partial charge on any atom is 0.248 e. The molecule has 3 N–H and O–H groups in total. The summed E-state index contributed by atoms with van der Waals surface area (Å²) in [6.45, 7) is 2.62. The summed E-state index contributed by atoms with van der Waals surface area (Å²) in [5, 5.41) is 3.25. The zero-order chi connectivity index (χ0) is 12.8. The number of carbonyl (C=O) groups is 1. The Hall–Kier alpha value is -1.20. The number of primary amides is 1. The fraction of sp³-hybridized carbons (Fsp3) is 0.417. The Morgan fingerprint density at radius 2 is 2.24 bits per heavy atom. The van der Waals surface area contributed by atoms with Gasteiger partial charge in [0.15, 0.2) is 0 Å². The third-order valence-corrected chi connectivity index (χ3v) is 3.32. The van der Waals surface area contributed by atoms with Crippen molar-refractivity contribution in [3.8, 4) is 0 Å². The molecule has 0 heterocycles. The number of carbonyl (C=O) groups excluding carboxylic acids is 1. The molecule has 0 radical (unpaired) electrons. The molecule has 0 aliphatic heterocycles. The SMILES string of the molecule is CC(CS(C)=O)NCc1cccc(C(N)=O)c1. The molecule has 1 aromatic rings. The zero-order valence-electron chi connectivity index (χ0n) is 10.1. The predicted molar refractivity (Wildman–Crippen MR) is 70.2 cm³/mol. The lowest BCUT2D eigenvalue weighted by Crippen LogP contribution is -2.30. The van der Waals surface area contributed by atoms with Crippen LogP contribution in [0.2, 0.25) is 0 Å². The molecular formula is C12H18N2O2S. The fourth-order valence-corrected chi connectivity index (χ4v) is 2.36. The van der Waals surface area contributed by atoms with Crippen LogP contribution in [0.25, 0.3) is 0 Å². The van der Waals surface area contributed by atoms with Crippen molar-refractivity contribution in [3.63, 3.8) is 0 Å². The third-order valence-electron chi connectivity index (χ3n) is 2.35. The van der Waals surface area contributed by atoms with Gasteiger partial charge in [-0.25, -0.2) is 0 Å².